The van der Waals surface area contributed by atoms with Gasteiger partial charge in [-0.3, -0.25) is 14.7 Å². The topological polar surface area (TPSA) is 58.1 Å². The number of thiazole rings is 1. The molecular formula is C20H20N4OS. The minimum absolute atomic E-state index is 0.0628. The molecule has 0 bridgehead atoms. The maximum atomic E-state index is 12.7. The van der Waals surface area contributed by atoms with Crippen LogP contribution in [0.25, 0.3) is 11.3 Å². The van der Waals surface area contributed by atoms with Gasteiger partial charge in [-0.1, -0.05) is 18.2 Å². The highest BCUT2D eigenvalue weighted by molar-refractivity contribution is 7.07. The normalized spacial score (nSPS) is 17.3. The second-order valence-electron chi connectivity index (χ2n) is 6.43. The zero-order valence-electron chi connectivity index (χ0n) is 14.3. The Hall–Kier alpha value is -2.57. The van der Waals surface area contributed by atoms with E-state index in [1.165, 1.54) is 0 Å². The van der Waals surface area contributed by atoms with Crippen molar-refractivity contribution in [3.63, 3.8) is 0 Å². The lowest BCUT2D eigenvalue weighted by molar-refractivity contribution is -0.120. The second kappa shape index (κ2) is 7.76. The van der Waals surface area contributed by atoms with Crippen LogP contribution in [0.5, 0.6) is 0 Å². The molecule has 3 aromatic rings. The molecule has 6 heteroatoms. The van der Waals surface area contributed by atoms with Gasteiger partial charge in [-0.05, 0) is 43.1 Å². The highest BCUT2D eigenvalue weighted by atomic mass is 32.1. The van der Waals surface area contributed by atoms with Crippen LogP contribution in [0.1, 0.15) is 18.4 Å². The van der Waals surface area contributed by atoms with Crippen LogP contribution >= 0.6 is 11.3 Å². The van der Waals surface area contributed by atoms with E-state index in [-0.39, 0.29) is 11.9 Å². The number of nitrogens with zero attached hydrogens (tertiary/aromatic N) is 3. The van der Waals surface area contributed by atoms with Gasteiger partial charge < -0.3 is 5.32 Å². The summed E-state index contributed by atoms with van der Waals surface area (Å²) in [6, 6.07) is 11.8. The molecule has 4 rings (SSSR count). The number of hydrogen-bond donors (Lipinski definition) is 1. The summed E-state index contributed by atoms with van der Waals surface area (Å²) < 4.78 is 0. The third-order valence-corrected chi connectivity index (χ3v) is 5.24. The van der Waals surface area contributed by atoms with Crippen molar-refractivity contribution in [1.29, 1.82) is 0 Å². The first kappa shape index (κ1) is 16.9. The minimum atomic E-state index is -0.0894. The molecule has 3 heterocycles. The summed E-state index contributed by atoms with van der Waals surface area (Å²) in [5.74, 6) is 0.0628. The average molecular weight is 364 g/mol. The Morgan fingerprint density at radius 3 is 2.88 bits per heavy atom. The Bertz CT molecular complexity index is 849. The molecule has 0 radical (unpaired) electrons. The fourth-order valence-corrected chi connectivity index (χ4v) is 3.90. The molecule has 0 saturated carbocycles. The quantitative estimate of drug-likeness (QED) is 0.748. The number of aromatic nitrogens is 2. The lowest BCUT2D eigenvalue weighted by atomic mass is 10.1. The van der Waals surface area contributed by atoms with Crippen LogP contribution in [0, 0.1) is 0 Å². The number of rotatable bonds is 5. The number of hydrogen-bond acceptors (Lipinski definition) is 5. The first-order valence-corrected chi connectivity index (χ1v) is 9.66. The van der Waals surface area contributed by atoms with E-state index in [1.807, 2.05) is 47.4 Å². The number of likely N-dealkylation sites (tertiary alicyclic amines) is 1. The predicted octanol–water partition coefficient (Wildman–Crippen LogP) is 3.81. The van der Waals surface area contributed by atoms with E-state index in [4.69, 9.17) is 0 Å². The smallest absolute Gasteiger partial charge is 0.241 e. The third-order valence-electron chi connectivity index (χ3n) is 4.66. The molecule has 5 nitrogen and oxygen atoms in total. The third kappa shape index (κ3) is 3.81. The van der Waals surface area contributed by atoms with E-state index in [9.17, 15) is 4.79 Å². The summed E-state index contributed by atoms with van der Waals surface area (Å²) >= 11 is 1.58. The molecule has 0 spiro atoms. The molecule has 0 unspecified atom stereocenters. The summed E-state index contributed by atoms with van der Waals surface area (Å²) in [4.78, 5) is 23.5. The number of carbonyl (C=O) groups excluding carboxylic acids is 1. The molecular weight excluding hydrogens is 344 g/mol. The van der Waals surface area contributed by atoms with Gasteiger partial charge in [-0.25, -0.2) is 4.98 Å². The molecule has 1 aromatic carbocycles. The van der Waals surface area contributed by atoms with Gasteiger partial charge in [0.15, 0.2) is 0 Å². The van der Waals surface area contributed by atoms with Crippen molar-refractivity contribution in [2.45, 2.75) is 25.4 Å². The van der Waals surface area contributed by atoms with Crippen LogP contribution in [-0.4, -0.2) is 33.4 Å². The first-order chi connectivity index (χ1) is 12.8. The molecule has 1 fully saturated rings. The van der Waals surface area contributed by atoms with Gasteiger partial charge in [-0.15, -0.1) is 11.3 Å². The molecule has 1 N–H and O–H groups in total. The van der Waals surface area contributed by atoms with Crippen molar-refractivity contribution < 1.29 is 4.79 Å². The number of nitrogens with one attached hydrogen (secondary N) is 1. The Morgan fingerprint density at radius 2 is 2.15 bits per heavy atom. The maximum Gasteiger partial charge on any atom is 0.241 e. The Labute approximate surface area is 156 Å². The lowest BCUT2D eigenvalue weighted by Gasteiger charge is -2.23. The molecule has 132 valence electrons. The molecule has 1 atom stereocenters. The maximum absolute atomic E-state index is 12.7. The molecule has 1 aliphatic heterocycles. The monoisotopic (exact) mass is 364 g/mol. The average Bonchev–Trinajstić information content (AvgIpc) is 3.35. The summed E-state index contributed by atoms with van der Waals surface area (Å²) in [5.41, 5.74) is 5.80. The Kier molecular flexibility index (Phi) is 5.04. The van der Waals surface area contributed by atoms with Gasteiger partial charge in [-0.2, -0.15) is 0 Å². The number of anilines is 1. The number of pyridine rings is 1. The fourth-order valence-electron chi connectivity index (χ4n) is 3.34. The van der Waals surface area contributed by atoms with Crippen molar-refractivity contribution in [2.24, 2.45) is 0 Å². The summed E-state index contributed by atoms with van der Waals surface area (Å²) in [7, 11) is 0. The SMILES string of the molecule is O=C(Nc1ccc(-c2cscn2)cc1)[C@@H]1CCCN1Cc1cccnc1. The van der Waals surface area contributed by atoms with Crippen LogP contribution in [0.3, 0.4) is 0 Å². The standard InChI is InChI=1S/C20H20N4OS/c25-20(19-4-2-10-24(19)12-15-3-1-9-21-11-15)23-17-7-5-16(6-8-17)18-13-26-14-22-18/h1,3,5-9,11,13-14,19H,2,4,10,12H2,(H,23,25)/t19-/m0/s1. The molecule has 26 heavy (non-hydrogen) atoms. The zero-order valence-corrected chi connectivity index (χ0v) is 15.2. The van der Waals surface area contributed by atoms with E-state index in [0.29, 0.717) is 0 Å². The van der Waals surface area contributed by atoms with Crippen molar-refractivity contribution >= 4 is 22.9 Å². The van der Waals surface area contributed by atoms with E-state index in [0.717, 1.165) is 48.4 Å². The van der Waals surface area contributed by atoms with Crippen LogP contribution in [0.2, 0.25) is 0 Å². The fraction of sp³-hybridized carbons (Fsp3) is 0.250. The van der Waals surface area contributed by atoms with Crippen LogP contribution in [0.15, 0.2) is 59.7 Å². The Morgan fingerprint density at radius 1 is 1.27 bits per heavy atom. The number of benzene rings is 1. The van der Waals surface area contributed by atoms with Gasteiger partial charge >= 0.3 is 0 Å². The summed E-state index contributed by atoms with van der Waals surface area (Å²) in [5, 5.41) is 5.07. The van der Waals surface area contributed by atoms with Gasteiger partial charge in [0.05, 0.1) is 17.2 Å². The molecule has 1 saturated heterocycles. The van der Waals surface area contributed by atoms with Crippen LogP contribution in [0.4, 0.5) is 5.69 Å². The highest BCUT2D eigenvalue weighted by Gasteiger charge is 2.30. The van der Waals surface area contributed by atoms with Crippen molar-refractivity contribution in [2.75, 3.05) is 11.9 Å². The van der Waals surface area contributed by atoms with Gasteiger partial charge in [0.1, 0.15) is 0 Å². The van der Waals surface area contributed by atoms with Crippen LogP contribution < -0.4 is 5.32 Å². The molecule has 1 amide bonds. The largest absolute Gasteiger partial charge is 0.325 e. The number of carbonyl (C=O) groups is 1. The van der Waals surface area contributed by atoms with Gasteiger partial charge in [0.2, 0.25) is 5.91 Å². The summed E-state index contributed by atoms with van der Waals surface area (Å²) in [6.45, 7) is 1.70. The predicted molar refractivity (Wildman–Crippen MR) is 104 cm³/mol. The minimum Gasteiger partial charge on any atom is -0.325 e. The van der Waals surface area contributed by atoms with Crippen molar-refractivity contribution in [1.82, 2.24) is 14.9 Å². The second-order valence-corrected chi connectivity index (χ2v) is 7.15. The van der Waals surface area contributed by atoms with E-state index in [2.05, 4.69) is 26.3 Å². The van der Waals surface area contributed by atoms with E-state index in [1.54, 1.807) is 17.5 Å². The summed E-state index contributed by atoms with van der Waals surface area (Å²) in [6.07, 6.45) is 5.57. The van der Waals surface area contributed by atoms with Gasteiger partial charge in [0, 0.05) is 35.6 Å². The van der Waals surface area contributed by atoms with E-state index < -0.39 is 0 Å². The number of amides is 1. The van der Waals surface area contributed by atoms with Crippen LogP contribution in [-0.2, 0) is 11.3 Å². The molecule has 2 aromatic heterocycles. The highest BCUT2D eigenvalue weighted by Crippen LogP contribution is 2.24. The zero-order chi connectivity index (χ0) is 17.8. The first-order valence-electron chi connectivity index (χ1n) is 8.72. The Balaban J connectivity index is 1.40. The van der Waals surface area contributed by atoms with Crippen molar-refractivity contribution in [3.8, 4) is 11.3 Å². The van der Waals surface area contributed by atoms with Gasteiger partial charge in [0.25, 0.3) is 0 Å². The molecule has 0 aliphatic carbocycles. The molecule has 1 aliphatic rings. The lowest BCUT2D eigenvalue weighted by Crippen LogP contribution is -2.39. The van der Waals surface area contributed by atoms with Crippen molar-refractivity contribution in [3.05, 3.63) is 65.2 Å². The van der Waals surface area contributed by atoms with E-state index >= 15 is 0 Å².